The first-order valence-electron chi connectivity index (χ1n) is 8.57. The van der Waals surface area contributed by atoms with Gasteiger partial charge in [-0.3, -0.25) is 0 Å². The fourth-order valence-electron chi connectivity index (χ4n) is 3.40. The third-order valence-corrected chi connectivity index (χ3v) is 5.05. The van der Waals surface area contributed by atoms with Crippen LogP contribution in [-0.2, 0) is 16.5 Å². The van der Waals surface area contributed by atoms with E-state index in [9.17, 15) is 26.7 Å². The molecule has 1 aromatic heterocycles. The Morgan fingerprint density at radius 3 is 2.48 bits per heavy atom. The third kappa shape index (κ3) is 3.13. The Kier molecular flexibility index (Phi) is 4.34. The van der Waals surface area contributed by atoms with Crippen molar-refractivity contribution < 1.29 is 26.7 Å². The fourth-order valence-corrected chi connectivity index (χ4v) is 3.40. The summed E-state index contributed by atoms with van der Waals surface area (Å²) in [6.07, 6.45) is -3.69. The van der Waals surface area contributed by atoms with Crippen LogP contribution in [0.2, 0.25) is 0 Å². The van der Waals surface area contributed by atoms with Gasteiger partial charge in [0.25, 0.3) is 0 Å². The Bertz CT molecular complexity index is 1130. The molecule has 4 rings (SSSR count). The average Bonchev–Trinajstić information content (AvgIpc) is 3.37. The molecule has 1 saturated heterocycles. The molecule has 5 nitrogen and oxygen atoms in total. The van der Waals surface area contributed by atoms with Crippen molar-refractivity contribution in [2.75, 3.05) is 6.61 Å². The smallest absolute Gasteiger partial charge is 0.362 e. The van der Waals surface area contributed by atoms with Gasteiger partial charge in [0.2, 0.25) is 0 Å². The minimum absolute atomic E-state index is 0.0449. The molecule has 0 aliphatic carbocycles. The molecule has 0 amide bonds. The summed E-state index contributed by atoms with van der Waals surface area (Å²) in [4.78, 5) is 12.8. The van der Waals surface area contributed by atoms with E-state index in [0.29, 0.717) is 6.07 Å². The molecule has 1 fully saturated rings. The molecular weight excluding hydrogens is 397 g/mol. The average molecular weight is 411 g/mol. The summed E-state index contributed by atoms with van der Waals surface area (Å²) >= 11 is 0. The number of hydrogen-bond donors (Lipinski definition) is 0. The lowest BCUT2D eigenvalue weighted by atomic mass is 9.92. The lowest BCUT2D eigenvalue weighted by molar-refractivity contribution is -0.137. The number of nitrogens with zero attached hydrogens (tertiary/aromatic N) is 3. The molecule has 0 bridgehead atoms. The van der Waals surface area contributed by atoms with Crippen molar-refractivity contribution in [2.24, 2.45) is 0 Å². The van der Waals surface area contributed by atoms with Gasteiger partial charge in [-0.2, -0.15) is 18.3 Å². The van der Waals surface area contributed by atoms with Gasteiger partial charge in [0.1, 0.15) is 23.6 Å². The molecule has 2 aromatic carbocycles. The molecule has 3 aromatic rings. The van der Waals surface area contributed by atoms with Crippen LogP contribution < -0.4 is 5.69 Å². The minimum atomic E-state index is -4.66. The summed E-state index contributed by atoms with van der Waals surface area (Å²) in [7, 11) is 0. The quantitative estimate of drug-likeness (QED) is 0.485. The molecule has 0 N–H and O–H groups in total. The van der Waals surface area contributed by atoms with Gasteiger partial charge in [-0.05, 0) is 25.1 Å². The Morgan fingerprint density at radius 1 is 1.17 bits per heavy atom. The summed E-state index contributed by atoms with van der Waals surface area (Å²) in [6.45, 7) is 1.58. The van der Waals surface area contributed by atoms with Crippen LogP contribution >= 0.6 is 0 Å². The van der Waals surface area contributed by atoms with Crippen molar-refractivity contribution in [2.45, 2.75) is 24.7 Å². The van der Waals surface area contributed by atoms with E-state index in [2.05, 4.69) is 5.10 Å². The van der Waals surface area contributed by atoms with Crippen LogP contribution in [0.5, 0.6) is 0 Å². The molecule has 2 atom stereocenters. The minimum Gasteiger partial charge on any atom is -0.362 e. The number of epoxide rings is 1. The number of hydrogen-bond acceptors (Lipinski definition) is 3. The first-order chi connectivity index (χ1) is 13.6. The number of halogens is 5. The zero-order valence-corrected chi connectivity index (χ0v) is 15.0. The number of ether oxygens (including phenoxy) is 1. The second-order valence-electron chi connectivity index (χ2n) is 6.72. The highest BCUT2D eigenvalue weighted by atomic mass is 19.4. The molecule has 1 aliphatic rings. The molecule has 0 saturated carbocycles. The van der Waals surface area contributed by atoms with E-state index in [-0.39, 0.29) is 17.9 Å². The van der Waals surface area contributed by atoms with Crippen molar-refractivity contribution in [1.82, 2.24) is 14.3 Å². The highest BCUT2D eigenvalue weighted by Crippen LogP contribution is 2.48. The van der Waals surface area contributed by atoms with E-state index in [0.717, 1.165) is 33.8 Å². The first kappa shape index (κ1) is 19.3. The predicted octanol–water partition coefficient (Wildman–Crippen LogP) is 3.82. The van der Waals surface area contributed by atoms with Crippen molar-refractivity contribution in [3.63, 3.8) is 0 Å². The van der Waals surface area contributed by atoms with Crippen molar-refractivity contribution in [3.8, 4) is 5.69 Å². The van der Waals surface area contributed by atoms with Gasteiger partial charge in [0, 0.05) is 11.6 Å². The van der Waals surface area contributed by atoms with Crippen LogP contribution in [0, 0.1) is 11.6 Å². The first-order valence-corrected chi connectivity index (χ1v) is 8.57. The standard InChI is InChI=1S/C19H14F5N3O2/c1-11(18(9-29-18)13-7-6-12(20)8-15(13)21)27-17(28)26(10-25-27)16-5-3-2-4-14(16)19(22,23)24/h2-8,10-11H,9H2,1H3/t11-,18+/m1/s1. The zero-order chi connectivity index (χ0) is 21.0. The van der Waals surface area contributed by atoms with E-state index in [1.54, 1.807) is 0 Å². The van der Waals surface area contributed by atoms with Gasteiger partial charge in [0.15, 0.2) is 0 Å². The molecule has 0 radical (unpaired) electrons. The number of para-hydroxylation sites is 1. The largest absolute Gasteiger partial charge is 0.418 e. The third-order valence-electron chi connectivity index (χ3n) is 5.05. The molecule has 152 valence electrons. The highest BCUT2D eigenvalue weighted by Gasteiger charge is 2.54. The molecule has 1 aliphatic heterocycles. The second-order valence-corrected chi connectivity index (χ2v) is 6.72. The normalized spacial score (nSPS) is 19.9. The second kappa shape index (κ2) is 6.51. The Labute approximate surface area is 161 Å². The summed E-state index contributed by atoms with van der Waals surface area (Å²) in [5, 5.41) is 3.92. The predicted molar refractivity (Wildman–Crippen MR) is 91.5 cm³/mol. The van der Waals surface area contributed by atoms with Crippen molar-refractivity contribution in [3.05, 3.63) is 82.0 Å². The lowest BCUT2D eigenvalue weighted by Gasteiger charge is -2.20. The van der Waals surface area contributed by atoms with E-state index < -0.39 is 40.7 Å². The summed E-state index contributed by atoms with van der Waals surface area (Å²) < 4.78 is 74.5. The fraction of sp³-hybridized carbons (Fsp3) is 0.263. The van der Waals surface area contributed by atoms with Gasteiger partial charge in [-0.1, -0.05) is 18.2 Å². The van der Waals surface area contributed by atoms with E-state index in [1.807, 2.05) is 0 Å². The van der Waals surface area contributed by atoms with Crippen LogP contribution in [0.1, 0.15) is 24.1 Å². The zero-order valence-electron chi connectivity index (χ0n) is 15.0. The maximum atomic E-state index is 14.3. The molecular formula is C19H14F5N3O2. The van der Waals surface area contributed by atoms with Gasteiger partial charge in [-0.15, -0.1) is 0 Å². The van der Waals surface area contributed by atoms with Crippen LogP contribution in [-0.4, -0.2) is 21.0 Å². The lowest BCUT2D eigenvalue weighted by Crippen LogP contribution is -2.34. The van der Waals surface area contributed by atoms with E-state index >= 15 is 0 Å². The topological polar surface area (TPSA) is 52.4 Å². The van der Waals surface area contributed by atoms with E-state index in [1.165, 1.54) is 25.1 Å². The number of benzene rings is 2. The van der Waals surface area contributed by atoms with Gasteiger partial charge < -0.3 is 4.74 Å². The number of rotatable bonds is 4. The highest BCUT2D eigenvalue weighted by molar-refractivity contribution is 5.42. The maximum absolute atomic E-state index is 14.3. The van der Waals surface area contributed by atoms with Gasteiger partial charge in [-0.25, -0.2) is 22.8 Å². The van der Waals surface area contributed by atoms with Crippen LogP contribution in [0.3, 0.4) is 0 Å². The van der Waals surface area contributed by atoms with E-state index in [4.69, 9.17) is 4.74 Å². The SMILES string of the molecule is C[C@@H](n1ncn(-c2ccccc2C(F)(F)F)c1=O)[C@]1(c2ccc(F)cc2F)CO1. The molecule has 29 heavy (non-hydrogen) atoms. The molecule has 0 spiro atoms. The van der Waals surface area contributed by atoms with Crippen molar-refractivity contribution in [1.29, 1.82) is 0 Å². The Morgan fingerprint density at radius 2 is 1.86 bits per heavy atom. The molecule has 0 unspecified atom stereocenters. The Balaban J connectivity index is 1.76. The monoisotopic (exact) mass is 411 g/mol. The van der Waals surface area contributed by atoms with Crippen molar-refractivity contribution >= 4 is 0 Å². The molecule has 2 heterocycles. The summed E-state index contributed by atoms with van der Waals surface area (Å²) in [5.41, 5.74) is -3.42. The summed E-state index contributed by atoms with van der Waals surface area (Å²) in [6, 6.07) is 6.74. The number of alkyl halides is 3. The Hall–Kier alpha value is -3.01. The maximum Gasteiger partial charge on any atom is 0.418 e. The summed E-state index contributed by atoms with van der Waals surface area (Å²) in [5.74, 6) is -1.61. The molecule has 10 heteroatoms. The van der Waals surface area contributed by atoms with Gasteiger partial charge in [0.05, 0.1) is 23.9 Å². The van der Waals surface area contributed by atoms with Crippen LogP contribution in [0.4, 0.5) is 22.0 Å². The van der Waals surface area contributed by atoms with Gasteiger partial charge >= 0.3 is 11.9 Å². The number of aromatic nitrogens is 3. The van der Waals surface area contributed by atoms with Crippen LogP contribution in [0.25, 0.3) is 5.69 Å². The van der Waals surface area contributed by atoms with Crippen LogP contribution in [0.15, 0.2) is 53.6 Å².